The minimum absolute atomic E-state index is 0.0627. The number of hydrogen-bond acceptors (Lipinski definition) is 6. The van der Waals surface area contributed by atoms with E-state index in [1.54, 1.807) is 13.0 Å². The predicted molar refractivity (Wildman–Crippen MR) is 85.0 cm³/mol. The van der Waals surface area contributed by atoms with Crippen molar-refractivity contribution in [2.75, 3.05) is 0 Å². The Kier molecular flexibility index (Phi) is 4.57. The number of phenols is 2. The molecule has 0 radical (unpaired) electrons. The highest BCUT2D eigenvalue weighted by molar-refractivity contribution is 5.98. The van der Waals surface area contributed by atoms with E-state index in [1.165, 1.54) is 12.1 Å². The van der Waals surface area contributed by atoms with Gasteiger partial charge in [0.2, 0.25) is 0 Å². The van der Waals surface area contributed by atoms with Crippen LogP contribution in [-0.2, 0) is 20.7 Å². The van der Waals surface area contributed by atoms with Crippen molar-refractivity contribution >= 4 is 11.8 Å². The van der Waals surface area contributed by atoms with Crippen molar-refractivity contribution in [3.63, 3.8) is 0 Å². The molecule has 1 saturated heterocycles. The predicted octanol–water partition coefficient (Wildman–Crippen LogP) is 2.26. The number of cyclic esters (lactones) is 1. The number of fused-ring (bicyclic) bond motifs is 2. The smallest absolute Gasteiger partial charge is 0.342 e. The van der Waals surface area contributed by atoms with Crippen molar-refractivity contribution in [3.8, 4) is 11.5 Å². The van der Waals surface area contributed by atoms with E-state index < -0.39 is 11.7 Å². The molecule has 0 amide bonds. The summed E-state index contributed by atoms with van der Waals surface area (Å²) in [5, 5.41) is 19.7. The van der Waals surface area contributed by atoms with Crippen LogP contribution in [0.1, 0.15) is 42.1 Å². The van der Waals surface area contributed by atoms with Gasteiger partial charge in [-0.2, -0.15) is 0 Å². The van der Waals surface area contributed by atoms with Crippen molar-refractivity contribution in [2.24, 2.45) is 0 Å². The number of rotatable bonds is 0. The molecule has 2 aliphatic heterocycles. The molecule has 6 heteroatoms. The number of hydrogen-bond donors (Lipinski definition) is 2. The number of ketones is 1. The molecule has 3 atom stereocenters. The van der Waals surface area contributed by atoms with Crippen LogP contribution in [0.25, 0.3) is 0 Å². The van der Waals surface area contributed by atoms with E-state index in [-0.39, 0.29) is 47.4 Å². The van der Waals surface area contributed by atoms with Gasteiger partial charge in [-0.05, 0) is 37.5 Å². The van der Waals surface area contributed by atoms with Crippen LogP contribution in [0.15, 0.2) is 24.3 Å². The Hall–Kier alpha value is -2.34. The van der Waals surface area contributed by atoms with Gasteiger partial charge in [0.05, 0.1) is 12.2 Å². The minimum atomic E-state index is -0.707. The molecule has 1 aromatic carbocycles. The van der Waals surface area contributed by atoms with E-state index in [9.17, 15) is 19.8 Å². The first-order valence-corrected chi connectivity index (χ1v) is 8.04. The van der Waals surface area contributed by atoms with Crippen molar-refractivity contribution in [1.29, 1.82) is 0 Å². The number of ether oxygens (including phenoxy) is 2. The average Bonchev–Trinajstić information content (AvgIpc) is 3.19. The number of benzene rings is 1. The molecule has 0 spiro atoms. The topological polar surface area (TPSA) is 96.4 Å². The molecule has 0 saturated carbocycles. The van der Waals surface area contributed by atoms with E-state index in [0.717, 1.165) is 18.9 Å². The maximum Gasteiger partial charge on any atom is 0.342 e. The fourth-order valence-corrected chi connectivity index (χ4v) is 3.02. The lowest BCUT2D eigenvalue weighted by molar-refractivity contribution is -0.114. The van der Waals surface area contributed by atoms with E-state index in [1.807, 2.05) is 0 Å². The number of phenolic OH excluding ortho intramolecular Hbond substituents is 2. The third kappa shape index (κ3) is 3.76. The summed E-state index contributed by atoms with van der Waals surface area (Å²) in [5.74, 6) is -1.53. The van der Waals surface area contributed by atoms with E-state index in [0.29, 0.717) is 6.42 Å². The van der Waals surface area contributed by atoms with Gasteiger partial charge in [-0.25, -0.2) is 4.79 Å². The lowest BCUT2D eigenvalue weighted by Gasteiger charge is -2.15. The van der Waals surface area contributed by atoms with Gasteiger partial charge in [-0.3, -0.25) is 4.79 Å². The second kappa shape index (κ2) is 6.65. The van der Waals surface area contributed by atoms with Crippen molar-refractivity contribution in [2.45, 2.75) is 50.9 Å². The van der Waals surface area contributed by atoms with Crippen LogP contribution in [-0.4, -0.2) is 40.3 Å². The zero-order chi connectivity index (χ0) is 17.3. The Labute approximate surface area is 139 Å². The summed E-state index contributed by atoms with van der Waals surface area (Å²) in [6, 6.07) is 2.37. The van der Waals surface area contributed by atoms with Crippen molar-refractivity contribution < 1.29 is 29.3 Å². The van der Waals surface area contributed by atoms with E-state index in [2.05, 4.69) is 0 Å². The third-order valence-corrected chi connectivity index (χ3v) is 4.23. The molecule has 0 bridgehead atoms. The van der Waals surface area contributed by atoms with Gasteiger partial charge in [0, 0.05) is 18.9 Å². The van der Waals surface area contributed by atoms with Crippen LogP contribution >= 0.6 is 0 Å². The molecular formula is C18H20O6. The van der Waals surface area contributed by atoms with Crippen LogP contribution in [0.5, 0.6) is 11.5 Å². The Balaban J connectivity index is 1.92. The van der Waals surface area contributed by atoms with E-state index >= 15 is 0 Å². The average molecular weight is 332 g/mol. The maximum atomic E-state index is 12.4. The summed E-state index contributed by atoms with van der Waals surface area (Å²) < 4.78 is 10.9. The lowest BCUT2D eigenvalue weighted by atomic mass is 9.99. The first-order chi connectivity index (χ1) is 11.4. The standard InChI is InChI=1S/C18H20O6/c1-10-6-16-15(24-16)5-3-2-4-12(19)7-11-8-13(20)9-14(21)17(11)18(22)23-10/h2,4,8-10,15-16,20-21H,3,5-7H2,1H3/t10-,15+,16+/m1/s1. The molecule has 0 aromatic heterocycles. The molecule has 1 aromatic rings. The van der Waals surface area contributed by atoms with Crippen LogP contribution < -0.4 is 0 Å². The summed E-state index contributed by atoms with van der Waals surface area (Å²) in [5.41, 5.74) is 0.170. The van der Waals surface area contributed by atoms with E-state index in [4.69, 9.17) is 9.47 Å². The van der Waals surface area contributed by atoms with Gasteiger partial charge in [0.1, 0.15) is 23.2 Å². The fourth-order valence-electron chi connectivity index (χ4n) is 3.02. The quantitative estimate of drug-likeness (QED) is 0.559. The van der Waals surface area contributed by atoms with Gasteiger partial charge < -0.3 is 19.7 Å². The normalized spacial score (nSPS) is 27.6. The minimum Gasteiger partial charge on any atom is -0.508 e. The summed E-state index contributed by atoms with van der Waals surface area (Å²) in [7, 11) is 0. The Morgan fingerprint density at radius 3 is 2.75 bits per heavy atom. The van der Waals surface area contributed by atoms with Gasteiger partial charge in [-0.1, -0.05) is 6.08 Å². The Morgan fingerprint density at radius 2 is 1.96 bits per heavy atom. The maximum absolute atomic E-state index is 12.4. The SMILES string of the molecule is C[C@@H]1C[C@@H]2O[C@H]2CCC=CC(=O)Cc2cc(O)cc(O)c2C(=O)O1. The molecule has 6 nitrogen and oxygen atoms in total. The monoisotopic (exact) mass is 332 g/mol. The van der Waals surface area contributed by atoms with Crippen molar-refractivity contribution in [1.82, 2.24) is 0 Å². The van der Waals surface area contributed by atoms with Crippen LogP contribution in [0.4, 0.5) is 0 Å². The summed E-state index contributed by atoms with van der Waals surface area (Å²) in [6.45, 7) is 1.77. The van der Waals surface area contributed by atoms with Crippen LogP contribution in [0, 0.1) is 0 Å². The summed E-state index contributed by atoms with van der Waals surface area (Å²) >= 11 is 0. The first kappa shape index (κ1) is 16.5. The van der Waals surface area contributed by atoms with Crippen molar-refractivity contribution in [3.05, 3.63) is 35.4 Å². The van der Waals surface area contributed by atoms with Gasteiger partial charge in [0.25, 0.3) is 0 Å². The molecule has 128 valence electrons. The number of aromatic hydroxyl groups is 2. The van der Waals surface area contributed by atoms with Crippen LogP contribution in [0.2, 0.25) is 0 Å². The molecular weight excluding hydrogens is 312 g/mol. The zero-order valence-corrected chi connectivity index (χ0v) is 13.4. The van der Waals surface area contributed by atoms with Gasteiger partial charge in [0.15, 0.2) is 5.78 Å². The second-order valence-electron chi connectivity index (χ2n) is 6.29. The number of carbonyl (C=O) groups is 2. The number of epoxide rings is 1. The van der Waals surface area contributed by atoms with Gasteiger partial charge >= 0.3 is 5.97 Å². The number of allylic oxidation sites excluding steroid dienone is 2. The molecule has 0 unspecified atom stereocenters. The molecule has 2 N–H and O–H groups in total. The largest absolute Gasteiger partial charge is 0.508 e. The number of esters is 1. The summed E-state index contributed by atoms with van der Waals surface area (Å²) in [4.78, 5) is 24.5. The third-order valence-electron chi connectivity index (χ3n) is 4.23. The fraction of sp³-hybridized carbons (Fsp3) is 0.444. The molecule has 3 rings (SSSR count). The Bertz CT molecular complexity index is 693. The first-order valence-electron chi connectivity index (χ1n) is 8.04. The highest BCUT2D eigenvalue weighted by Gasteiger charge is 2.39. The Morgan fingerprint density at radius 1 is 1.17 bits per heavy atom. The highest BCUT2D eigenvalue weighted by Crippen LogP contribution is 2.33. The molecule has 2 aliphatic rings. The molecule has 1 fully saturated rings. The van der Waals surface area contributed by atoms with Gasteiger partial charge in [-0.15, -0.1) is 0 Å². The molecule has 24 heavy (non-hydrogen) atoms. The summed E-state index contributed by atoms with van der Waals surface area (Å²) in [6.07, 6.45) is 5.14. The lowest BCUT2D eigenvalue weighted by Crippen LogP contribution is -2.19. The number of carbonyl (C=O) groups excluding carboxylic acids is 2. The molecule has 2 heterocycles. The second-order valence-corrected chi connectivity index (χ2v) is 6.29. The zero-order valence-electron chi connectivity index (χ0n) is 13.4. The highest BCUT2D eigenvalue weighted by atomic mass is 16.6. The van der Waals surface area contributed by atoms with Crippen LogP contribution in [0.3, 0.4) is 0 Å². The molecule has 0 aliphatic carbocycles.